The molecule has 7 heteroatoms. The Bertz CT molecular complexity index is 501. The number of amides is 1. The second kappa shape index (κ2) is 8.47. The zero-order valence-electron chi connectivity index (χ0n) is 8.91. The van der Waals surface area contributed by atoms with E-state index in [-0.39, 0.29) is 51.3 Å². The maximum absolute atomic E-state index is 11.0. The van der Waals surface area contributed by atoms with Gasteiger partial charge in [-0.2, -0.15) is 7.05 Å². The number of hydrogen-bond acceptors (Lipinski definition) is 3. The number of carbonyl (C=O) groups excluding carboxylic acids is 2. The van der Waals surface area contributed by atoms with Gasteiger partial charge < -0.3 is 15.2 Å². The van der Waals surface area contributed by atoms with Crippen LogP contribution in [0.3, 0.4) is 0 Å². The van der Waals surface area contributed by atoms with Crippen molar-refractivity contribution in [2.75, 3.05) is 0 Å². The average Bonchev–Trinajstić information content (AvgIpc) is 2.60. The maximum Gasteiger partial charge on any atom is 0.250 e. The van der Waals surface area contributed by atoms with Crippen LogP contribution in [0.2, 0.25) is 0 Å². The molecule has 0 saturated heterocycles. The molecule has 0 fully saturated rings. The van der Waals surface area contributed by atoms with Gasteiger partial charge in [0.15, 0.2) is 0 Å². The van der Waals surface area contributed by atoms with Crippen molar-refractivity contribution in [3.8, 4) is 0 Å². The second-order valence-corrected chi connectivity index (χ2v) is 2.78. The molecule has 0 aliphatic carbocycles. The number of aromatic nitrogens is 2. The van der Waals surface area contributed by atoms with Crippen LogP contribution in [0, 0.1) is 7.05 Å². The van der Waals surface area contributed by atoms with Gasteiger partial charge in [0.05, 0.1) is 11.1 Å². The summed E-state index contributed by atoms with van der Waals surface area (Å²) in [6.07, 6.45) is 1.74. The van der Waals surface area contributed by atoms with Crippen LogP contribution >= 0.6 is 0 Å². The topological polar surface area (TPSA) is 78.0 Å². The molecule has 0 unspecified atom stereocenters. The van der Waals surface area contributed by atoms with Crippen molar-refractivity contribution in [1.29, 1.82) is 0 Å². The van der Waals surface area contributed by atoms with Gasteiger partial charge >= 0.3 is 0 Å². The molecule has 1 amide bonds. The summed E-state index contributed by atoms with van der Waals surface area (Å²) in [7, 11) is 3.61. The molecule has 0 atom stereocenters. The largest absolute Gasteiger partial charge is 0.545 e. The Morgan fingerprint density at radius 1 is 1.41 bits per heavy atom. The third-order valence-electron chi connectivity index (χ3n) is 1.85. The van der Waals surface area contributed by atoms with Crippen LogP contribution in [0.5, 0.6) is 0 Å². The summed E-state index contributed by atoms with van der Waals surface area (Å²) in [5, 5.41) is 4.91. The van der Waals surface area contributed by atoms with Crippen LogP contribution in [-0.2, 0) is 56.1 Å². The second-order valence-electron chi connectivity index (χ2n) is 2.78. The number of benzene rings is 1. The molecule has 0 spiro atoms. The van der Waals surface area contributed by atoms with Gasteiger partial charge in [0.25, 0.3) is 5.91 Å². The van der Waals surface area contributed by atoms with Crippen LogP contribution in [0.1, 0.15) is 10.4 Å². The molecule has 2 radical (unpaired) electrons. The average molecular weight is 343 g/mol. The Balaban J connectivity index is 0. The monoisotopic (exact) mass is 343 g/mol. The first kappa shape index (κ1) is 18.7. The number of fused-ring (bicyclic) bond motifs is 1. The van der Waals surface area contributed by atoms with Gasteiger partial charge in [0.2, 0.25) is 0 Å². The molecule has 0 aliphatic heterocycles. The number of primary amides is 1. The zero-order valence-corrected chi connectivity index (χ0v) is 13.1. The predicted octanol–water partition coefficient (Wildman–Crippen LogP) is 0.496. The molecule has 86 valence electrons. The standard InChI is InChI=1S/C9H8N3O.CHO.V.Y/c1-12-5-6-3-2-4-7(9(10)13)8(6)11-12;1-2;;/h2-5H,1H2,(H2,10,13);1H;;/q2*-1;;. The van der Waals surface area contributed by atoms with Crippen molar-refractivity contribution >= 4 is 23.6 Å². The number of rotatable bonds is 1. The Labute approximate surface area is 136 Å². The minimum atomic E-state index is -0.468. The van der Waals surface area contributed by atoms with Crippen molar-refractivity contribution < 1.29 is 60.9 Å². The molecular formula is C10H9N3O2VY-2. The van der Waals surface area contributed by atoms with Crippen LogP contribution in [-0.4, -0.2) is 22.5 Å². The van der Waals surface area contributed by atoms with Gasteiger partial charge in [-0.05, 0) is 6.07 Å². The van der Waals surface area contributed by atoms with Gasteiger partial charge in [-0.15, -0.1) is 6.20 Å². The van der Waals surface area contributed by atoms with Gasteiger partial charge in [-0.1, -0.05) is 17.5 Å². The first-order valence-corrected chi connectivity index (χ1v) is 4.01. The zero-order chi connectivity index (χ0) is 11.4. The van der Waals surface area contributed by atoms with E-state index in [1.807, 2.05) is 6.07 Å². The summed E-state index contributed by atoms with van der Waals surface area (Å²) in [4.78, 5) is 18.7. The summed E-state index contributed by atoms with van der Waals surface area (Å²) in [6.45, 7) is 3.25. The third-order valence-corrected chi connectivity index (χ3v) is 1.85. The Hall–Kier alpha value is -0.612. The minimum Gasteiger partial charge on any atom is -0.545 e. The molecule has 17 heavy (non-hydrogen) atoms. The summed E-state index contributed by atoms with van der Waals surface area (Å²) >= 11 is 0. The van der Waals surface area contributed by atoms with E-state index >= 15 is 0 Å². The van der Waals surface area contributed by atoms with Crippen LogP contribution in [0.25, 0.3) is 10.9 Å². The number of hydrogen-bond donors (Lipinski definition) is 1. The molecule has 0 saturated carbocycles. The van der Waals surface area contributed by atoms with E-state index in [4.69, 9.17) is 10.5 Å². The van der Waals surface area contributed by atoms with Crippen molar-refractivity contribution in [3.05, 3.63) is 37.0 Å². The molecule has 2 N–H and O–H groups in total. The van der Waals surface area contributed by atoms with Gasteiger partial charge in [0.1, 0.15) is 0 Å². The predicted molar refractivity (Wildman–Crippen MR) is 55.8 cm³/mol. The van der Waals surface area contributed by atoms with E-state index in [0.717, 1.165) is 5.39 Å². The normalized spacial score (nSPS) is 8.24. The van der Waals surface area contributed by atoms with Gasteiger partial charge in [-0.3, -0.25) is 11.6 Å². The van der Waals surface area contributed by atoms with Crippen molar-refractivity contribution in [2.45, 2.75) is 0 Å². The van der Waals surface area contributed by atoms with Crippen molar-refractivity contribution in [3.63, 3.8) is 0 Å². The smallest absolute Gasteiger partial charge is 0.250 e. The van der Waals surface area contributed by atoms with E-state index in [9.17, 15) is 4.79 Å². The SMILES string of the molecule is [CH-]=O.[CH2-]n1cc2cccc(C(N)=O)c2n1.[V].[Y]. The fourth-order valence-corrected chi connectivity index (χ4v) is 1.29. The van der Waals surface area contributed by atoms with E-state index in [2.05, 4.69) is 18.9 Å². The van der Waals surface area contributed by atoms with E-state index < -0.39 is 5.91 Å². The quantitative estimate of drug-likeness (QED) is 0.605. The summed E-state index contributed by atoms with van der Waals surface area (Å²) in [6, 6.07) is 5.28. The van der Waals surface area contributed by atoms with E-state index in [1.54, 1.807) is 18.3 Å². The molecular weight excluding hydrogens is 334 g/mol. The van der Waals surface area contributed by atoms with Crippen LogP contribution in [0.4, 0.5) is 0 Å². The van der Waals surface area contributed by atoms with Crippen LogP contribution < -0.4 is 5.73 Å². The summed E-state index contributed by atoms with van der Waals surface area (Å²) in [5.41, 5.74) is 6.21. The molecule has 5 nitrogen and oxygen atoms in total. The van der Waals surface area contributed by atoms with Crippen molar-refractivity contribution in [2.24, 2.45) is 5.73 Å². The Morgan fingerprint density at radius 3 is 2.53 bits per heavy atom. The molecule has 1 aromatic carbocycles. The maximum atomic E-state index is 11.0. The Morgan fingerprint density at radius 2 is 2.00 bits per heavy atom. The molecule has 0 bridgehead atoms. The molecule has 2 aromatic rings. The number of carbonyl (C=O) groups is 1. The van der Waals surface area contributed by atoms with Crippen molar-refractivity contribution in [1.82, 2.24) is 9.78 Å². The first-order chi connectivity index (χ1) is 7.18. The molecule has 2 rings (SSSR count). The van der Waals surface area contributed by atoms with Gasteiger partial charge in [0, 0.05) is 51.3 Å². The molecule has 1 heterocycles. The van der Waals surface area contributed by atoms with Gasteiger partial charge in [-0.25, -0.2) is 5.10 Å². The van der Waals surface area contributed by atoms with E-state index in [1.165, 1.54) is 4.68 Å². The molecule has 1 aromatic heterocycles. The number of nitrogens with two attached hydrogens (primary N) is 1. The number of nitrogens with zero attached hydrogens (tertiary/aromatic N) is 2. The minimum absolute atomic E-state index is 0. The Kier molecular flexibility index (Phi) is 9.34. The first-order valence-electron chi connectivity index (χ1n) is 4.01. The summed E-state index contributed by atoms with van der Waals surface area (Å²) in [5.74, 6) is -0.468. The fourth-order valence-electron chi connectivity index (χ4n) is 1.29. The molecule has 0 aliphatic rings. The summed E-state index contributed by atoms with van der Waals surface area (Å²) < 4.78 is 1.41. The van der Waals surface area contributed by atoms with Crippen LogP contribution in [0.15, 0.2) is 24.4 Å². The fraction of sp³-hybridized carbons (Fsp3) is 0. The van der Waals surface area contributed by atoms with E-state index in [0.29, 0.717) is 11.1 Å². The third kappa shape index (κ3) is 4.28.